The van der Waals surface area contributed by atoms with Crippen molar-refractivity contribution < 1.29 is 9.90 Å². The van der Waals surface area contributed by atoms with E-state index in [-0.39, 0.29) is 0 Å². The molecular formula is C8H7ClN2O2. The first-order valence-corrected chi connectivity index (χ1v) is 4.19. The Balaban J connectivity index is 2.30. The molecule has 0 saturated heterocycles. The maximum absolute atomic E-state index is 10.6. The van der Waals surface area contributed by atoms with E-state index < -0.39 is 12.0 Å². The predicted molar refractivity (Wildman–Crippen MR) is 48.0 cm³/mol. The van der Waals surface area contributed by atoms with Crippen LogP contribution in [0.4, 0.5) is 5.82 Å². The minimum atomic E-state index is -0.867. The van der Waals surface area contributed by atoms with Crippen LogP contribution in [-0.2, 0) is 11.2 Å². The summed E-state index contributed by atoms with van der Waals surface area (Å²) in [5.41, 5.74) is 0.900. The number of rotatable bonds is 1. The minimum Gasteiger partial charge on any atom is -0.480 e. The summed E-state index contributed by atoms with van der Waals surface area (Å²) in [6.45, 7) is 0. The van der Waals surface area contributed by atoms with E-state index >= 15 is 0 Å². The van der Waals surface area contributed by atoms with E-state index in [0.717, 1.165) is 5.56 Å². The average molecular weight is 199 g/mol. The SMILES string of the molecule is O=C(O)C1Cc2ccc(Cl)nc2N1. The van der Waals surface area contributed by atoms with E-state index in [9.17, 15) is 4.79 Å². The van der Waals surface area contributed by atoms with Crippen LogP contribution in [0.5, 0.6) is 0 Å². The molecule has 68 valence electrons. The number of nitrogens with one attached hydrogen (secondary N) is 1. The topological polar surface area (TPSA) is 62.2 Å². The smallest absolute Gasteiger partial charge is 0.326 e. The first kappa shape index (κ1) is 8.31. The number of nitrogens with zero attached hydrogens (tertiary/aromatic N) is 1. The number of carboxylic acid groups (broad SMARTS) is 1. The molecule has 13 heavy (non-hydrogen) atoms. The van der Waals surface area contributed by atoms with Crippen molar-refractivity contribution >= 4 is 23.4 Å². The van der Waals surface area contributed by atoms with Gasteiger partial charge in [0.25, 0.3) is 0 Å². The van der Waals surface area contributed by atoms with Crippen molar-refractivity contribution in [2.75, 3.05) is 5.32 Å². The molecular weight excluding hydrogens is 192 g/mol. The molecule has 0 fully saturated rings. The van der Waals surface area contributed by atoms with Gasteiger partial charge in [-0.25, -0.2) is 9.78 Å². The van der Waals surface area contributed by atoms with Crippen LogP contribution in [0.1, 0.15) is 5.56 Å². The van der Waals surface area contributed by atoms with Crippen molar-refractivity contribution in [1.29, 1.82) is 0 Å². The van der Waals surface area contributed by atoms with Crippen LogP contribution in [0, 0.1) is 0 Å². The third kappa shape index (κ3) is 1.45. The van der Waals surface area contributed by atoms with Gasteiger partial charge in [0.2, 0.25) is 0 Å². The monoisotopic (exact) mass is 198 g/mol. The van der Waals surface area contributed by atoms with Gasteiger partial charge in [0.1, 0.15) is 17.0 Å². The second-order valence-corrected chi connectivity index (χ2v) is 3.27. The van der Waals surface area contributed by atoms with Crippen molar-refractivity contribution in [3.8, 4) is 0 Å². The Morgan fingerprint density at radius 3 is 3.15 bits per heavy atom. The van der Waals surface area contributed by atoms with E-state index in [0.29, 0.717) is 17.4 Å². The molecule has 0 aromatic carbocycles. The number of carbonyl (C=O) groups is 1. The quantitative estimate of drug-likeness (QED) is 0.665. The van der Waals surface area contributed by atoms with Crippen LogP contribution in [0.3, 0.4) is 0 Å². The van der Waals surface area contributed by atoms with Crippen molar-refractivity contribution in [3.05, 3.63) is 22.8 Å². The fourth-order valence-electron chi connectivity index (χ4n) is 1.34. The zero-order chi connectivity index (χ0) is 9.42. The molecule has 0 bridgehead atoms. The first-order valence-electron chi connectivity index (χ1n) is 3.81. The van der Waals surface area contributed by atoms with E-state index in [1.807, 2.05) is 0 Å². The normalized spacial score (nSPS) is 19.3. The lowest BCUT2D eigenvalue weighted by atomic mass is 10.1. The Bertz CT molecular complexity index is 367. The lowest BCUT2D eigenvalue weighted by Crippen LogP contribution is -2.26. The number of aliphatic carboxylic acids is 1. The molecule has 2 rings (SSSR count). The van der Waals surface area contributed by atoms with Crippen molar-refractivity contribution in [2.24, 2.45) is 0 Å². The second-order valence-electron chi connectivity index (χ2n) is 2.88. The van der Waals surface area contributed by atoms with Gasteiger partial charge in [0.05, 0.1) is 0 Å². The van der Waals surface area contributed by atoms with Gasteiger partial charge in [0.15, 0.2) is 0 Å². The molecule has 4 nitrogen and oxygen atoms in total. The zero-order valence-corrected chi connectivity index (χ0v) is 7.38. The molecule has 0 saturated carbocycles. The Morgan fingerprint density at radius 1 is 1.69 bits per heavy atom. The Hall–Kier alpha value is -1.29. The largest absolute Gasteiger partial charge is 0.480 e. The van der Waals surface area contributed by atoms with Gasteiger partial charge in [0, 0.05) is 6.42 Å². The molecule has 1 aliphatic rings. The Kier molecular flexibility index (Phi) is 1.84. The second kappa shape index (κ2) is 2.88. The molecule has 1 aromatic rings. The maximum Gasteiger partial charge on any atom is 0.326 e. The molecule has 1 atom stereocenters. The molecule has 0 aliphatic carbocycles. The molecule has 2 heterocycles. The summed E-state index contributed by atoms with van der Waals surface area (Å²) >= 11 is 5.65. The highest BCUT2D eigenvalue weighted by Crippen LogP contribution is 2.25. The fraction of sp³-hybridized carbons (Fsp3) is 0.250. The summed E-state index contributed by atoms with van der Waals surface area (Å²) < 4.78 is 0. The Labute approximate surface area is 79.5 Å². The van der Waals surface area contributed by atoms with Crippen molar-refractivity contribution in [2.45, 2.75) is 12.5 Å². The standard InChI is InChI=1S/C8H7ClN2O2/c9-6-2-1-4-3-5(8(12)13)10-7(4)11-6/h1-2,5H,3H2,(H,10,11)(H,12,13). The van der Waals surface area contributed by atoms with Gasteiger partial charge in [-0.05, 0) is 11.6 Å². The van der Waals surface area contributed by atoms with Gasteiger partial charge in [-0.2, -0.15) is 0 Å². The summed E-state index contributed by atoms with van der Waals surface area (Å²) in [5.74, 6) is -0.283. The van der Waals surface area contributed by atoms with Crippen molar-refractivity contribution in [3.63, 3.8) is 0 Å². The summed E-state index contributed by atoms with van der Waals surface area (Å²) in [7, 11) is 0. The number of halogens is 1. The molecule has 0 radical (unpaired) electrons. The minimum absolute atomic E-state index is 0.372. The molecule has 0 amide bonds. The zero-order valence-electron chi connectivity index (χ0n) is 6.62. The lowest BCUT2D eigenvalue weighted by molar-refractivity contribution is -0.137. The van der Waals surface area contributed by atoms with Crippen LogP contribution in [0.15, 0.2) is 12.1 Å². The molecule has 0 spiro atoms. The summed E-state index contributed by atoms with van der Waals surface area (Å²) in [4.78, 5) is 14.6. The van der Waals surface area contributed by atoms with E-state index in [1.54, 1.807) is 12.1 Å². The third-order valence-corrected chi connectivity index (χ3v) is 2.19. The summed E-state index contributed by atoms with van der Waals surface area (Å²) in [6.07, 6.45) is 0.467. The third-order valence-electron chi connectivity index (χ3n) is 1.98. The van der Waals surface area contributed by atoms with Crippen LogP contribution in [-0.4, -0.2) is 22.1 Å². The Morgan fingerprint density at radius 2 is 2.46 bits per heavy atom. The van der Waals surface area contributed by atoms with Gasteiger partial charge < -0.3 is 10.4 Å². The maximum atomic E-state index is 10.6. The molecule has 1 aliphatic heterocycles. The molecule has 1 aromatic heterocycles. The average Bonchev–Trinajstić information content (AvgIpc) is 2.46. The first-order chi connectivity index (χ1) is 6.16. The fourth-order valence-corrected chi connectivity index (χ4v) is 1.49. The number of hydrogen-bond donors (Lipinski definition) is 2. The summed E-state index contributed by atoms with van der Waals surface area (Å²) in [6, 6.07) is 2.88. The molecule has 2 N–H and O–H groups in total. The van der Waals surface area contributed by atoms with Crippen LogP contribution in [0.25, 0.3) is 0 Å². The molecule has 5 heteroatoms. The van der Waals surface area contributed by atoms with Crippen LogP contribution >= 0.6 is 11.6 Å². The van der Waals surface area contributed by atoms with Gasteiger partial charge in [-0.1, -0.05) is 17.7 Å². The lowest BCUT2D eigenvalue weighted by Gasteiger charge is -2.02. The summed E-state index contributed by atoms with van der Waals surface area (Å²) in [5, 5.41) is 11.9. The number of carboxylic acids is 1. The molecule has 1 unspecified atom stereocenters. The predicted octanol–water partition coefficient (Wildman–Crippen LogP) is 1.16. The number of pyridine rings is 1. The van der Waals surface area contributed by atoms with Crippen LogP contribution in [0.2, 0.25) is 5.15 Å². The van der Waals surface area contributed by atoms with Crippen LogP contribution < -0.4 is 5.32 Å². The van der Waals surface area contributed by atoms with E-state index in [1.165, 1.54) is 0 Å². The van der Waals surface area contributed by atoms with Gasteiger partial charge in [-0.15, -0.1) is 0 Å². The highest BCUT2D eigenvalue weighted by molar-refractivity contribution is 6.29. The highest BCUT2D eigenvalue weighted by Gasteiger charge is 2.27. The van der Waals surface area contributed by atoms with Crippen molar-refractivity contribution in [1.82, 2.24) is 4.98 Å². The van der Waals surface area contributed by atoms with Gasteiger partial charge in [-0.3, -0.25) is 0 Å². The number of aromatic nitrogens is 1. The number of anilines is 1. The number of fused-ring (bicyclic) bond motifs is 1. The highest BCUT2D eigenvalue weighted by atomic mass is 35.5. The van der Waals surface area contributed by atoms with E-state index in [4.69, 9.17) is 16.7 Å². The number of hydrogen-bond acceptors (Lipinski definition) is 3. The van der Waals surface area contributed by atoms with Gasteiger partial charge >= 0.3 is 5.97 Å². The van der Waals surface area contributed by atoms with E-state index in [2.05, 4.69) is 10.3 Å².